The second-order valence-corrected chi connectivity index (χ2v) is 4.67. The van der Waals surface area contributed by atoms with Gasteiger partial charge in [-0.25, -0.2) is 4.39 Å². The molecular weight excluding hydrogens is 271 g/mol. The number of benzene rings is 2. The summed E-state index contributed by atoms with van der Waals surface area (Å²) in [7, 11) is 1.57. The van der Waals surface area contributed by atoms with Gasteiger partial charge in [0.05, 0.1) is 18.8 Å². The molecule has 3 N–H and O–H groups in total. The first-order valence-electron chi connectivity index (χ1n) is 6.51. The maximum Gasteiger partial charge on any atom is 0.251 e. The Bertz CT molecular complexity index is 658. The Labute approximate surface area is 122 Å². The number of halogens is 1. The van der Waals surface area contributed by atoms with Gasteiger partial charge < -0.3 is 15.8 Å². The van der Waals surface area contributed by atoms with Gasteiger partial charge in [-0.2, -0.15) is 0 Å². The Morgan fingerprint density at radius 2 is 2.00 bits per heavy atom. The van der Waals surface area contributed by atoms with Crippen LogP contribution >= 0.6 is 0 Å². The summed E-state index contributed by atoms with van der Waals surface area (Å²) < 4.78 is 18.7. The van der Waals surface area contributed by atoms with Gasteiger partial charge in [0.25, 0.3) is 5.91 Å². The van der Waals surface area contributed by atoms with Crippen molar-refractivity contribution in [1.29, 1.82) is 0 Å². The summed E-state index contributed by atoms with van der Waals surface area (Å²) in [6, 6.07) is 11.1. The summed E-state index contributed by atoms with van der Waals surface area (Å²) in [6.45, 7) is 1.84. The van der Waals surface area contributed by atoms with Gasteiger partial charge in [-0.1, -0.05) is 18.2 Å². The number of nitrogen functional groups attached to an aromatic ring is 1. The van der Waals surface area contributed by atoms with Crippen LogP contribution in [0.3, 0.4) is 0 Å². The number of carbonyl (C=O) groups is 1. The lowest BCUT2D eigenvalue weighted by Crippen LogP contribution is -2.27. The third-order valence-corrected chi connectivity index (χ3v) is 3.22. The zero-order valence-electron chi connectivity index (χ0n) is 11.9. The van der Waals surface area contributed by atoms with Gasteiger partial charge in [0.1, 0.15) is 11.6 Å². The highest BCUT2D eigenvalue weighted by molar-refractivity contribution is 5.94. The molecule has 4 nitrogen and oxygen atoms in total. The molecule has 0 spiro atoms. The first-order valence-corrected chi connectivity index (χ1v) is 6.51. The Morgan fingerprint density at radius 1 is 1.29 bits per heavy atom. The minimum absolute atomic E-state index is 0.0179. The fourth-order valence-corrected chi connectivity index (χ4v) is 2.05. The van der Waals surface area contributed by atoms with E-state index in [1.54, 1.807) is 7.11 Å². The minimum Gasteiger partial charge on any atom is -0.496 e. The van der Waals surface area contributed by atoms with E-state index in [2.05, 4.69) is 5.32 Å². The van der Waals surface area contributed by atoms with Crippen molar-refractivity contribution < 1.29 is 13.9 Å². The van der Waals surface area contributed by atoms with Gasteiger partial charge in [-0.05, 0) is 31.2 Å². The largest absolute Gasteiger partial charge is 0.496 e. The third-order valence-electron chi connectivity index (χ3n) is 3.22. The van der Waals surface area contributed by atoms with Gasteiger partial charge in [0, 0.05) is 11.1 Å². The predicted molar refractivity (Wildman–Crippen MR) is 79.7 cm³/mol. The standard InChI is InChI=1S/C16H17FN2O2/c1-10(12-5-3-4-6-15(12)21-2)19-16(20)11-7-8-14(18)13(17)9-11/h3-10H,18H2,1-2H3,(H,19,20). The second-order valence-electron chi connectivity index (χ2n) is 4.67. The molecule has 1 atom stereocenters. The molecule has 0 aliphatic heterocycles. The molecule has 0 aliphatic rings. The smallest absolute Gasteiger partial charge is 0.251 e. The molecule has 0 fully saturated rings. The average Bonchev–Trinajstić information content (AvgIpc) is 2.49. The predicted octanol–water partition coefficient (Wildman–Crippen LogP) is 2.91. The van der Waals surface area contributed by atoms with E-state index in [9.17, 15) is 9.18 Å². The number of nitrogens with one attached hydrogen (secondary N) is 1. The molecule has 21 heavy (non-hydrogen) atoms. The van der Waals surface area contributed by atoms with E-state index in [-0.39, 0.29) is 23.2 Å². The monoisotopic (exact) mass is 288 g/mol. The molecule has 2 rings (SSSR count). The van der Waals surface area contributed by atoms with E-state index in [1.807, 2.05) is 31.2 Å². The van der Waals surface area contributed by atoms with E-state index in [4.69, 9.17) is 10.5 Å². The van der Waals surface area contributed by atoms with Crippen LogP contribution in [0.25, 0.3) is 0 Å². The quantitative estimate of drug-likeness (QED) is 0.850. The van der Waals surface area contributed by atoms with Gasteiger partial charge in [0.15, 0.2) is 0 Å². The molecule has 0 saturated carbocycles. The fraction of sp³-hybridized carbons (Fsp3) is 0.188. The number of nitrogens with two attached hydrogens (primary N) is 1. The van der Waals surface area contributed by atoms with Gasteiger partial charge in [-0.3, -0.25) is 4.79 Å². The summed E-state index contributed by atoms with van der Waals surface area (Å²) in [5.41, 5.74) is 6.49. The Balaban J connectivity index is 2.16. The van der Waals surface area contributed by atoms with Crippen molar-refractivity contribution in [2.75, 3.05) is 12.8 Å². The van der Waals surface area contributed by atoms with Crippen molar-refractivity contribution in [2.24, 2.45) is 0 Å². The SMILES string of the molecule is COc1ccccc1C(C)NC(=O)c1ccc(N)c(F)c1. The van der Waals surface area contributed by atoms with Crippen LogP contribution in [-0.2, 0) is 0 Å². The summed E-state index contributed by atoms with van der Waals surface area (Å²) in [5.74, 6) is -0.284. The van der Waals surface area contributed by atoms with E-state index < -0.39 is 5.82 Å². The number of anilines is 1. The molecule has 5 heteroatoms. The Hall–Kier alpha value is -2.56. The lowest BCUT2D eigenvalue weighted by atomic mass is 10.1. The van der Waals surface area contributed by atoms with Crippen LogP contribution < -0.4 is 15.8 Å². The number of ether oxygens (including phenoxy) is 1. The first kappa shape index (κ1) is 14.8. The van der Waals surface area contributed by atoms with E-state index in [0.29, 0.717) is 5.75 Å². The molecule has 0 saturated heterocycles. The first-order chi connectivity index (χ1) is 10.0. The van der Waals surface area contributed by atoms with Crippen LogP contribution in [0.1, 0.15) is 28.9 Å². The number of methoxy groups -OCH3 is 1. The number of hydrogen-bond acceptors (Lipinski definition) is 3. The molecule has 1 unspecified atom stereocenters. The maximum absolute atomic E-state index is 13.4. The highest BCUT2D eigenvalue weighted by atomic mass is 19.1. The highest BCUT2D eigenvalue weighted by Gasteiger charge is 2.15. The van der Waals surface area contributed by atoms with Crippen molar-refractivity contribution in [2.45, 2.75) is 13.0 Å². The van der Waals surface area contributed by atoms with Crippen molar-refractivity contribution >= 4 is 11.6 Å². The third kappa shape index (κ3) is 3.31. The normalized spacial score (nSPS) is 11.8. The van der Waals surface area contributed by atoms with Crippen molar-refractivity contribution in [3.8, 4) is 5.75 Å². The Kier molecular flexibility index (Phi) is 4.42. The molecule has 110 valence electrons. The molecule has 2 aromatic carbocycles. The van der Waals surface area contributed by atoms with Crippen molar-refractivity contribution in [1.82, 2.24) is 5.32 Å². The average molecular weight is 288 g/mol. The summed E-state index contributed by atoms with van der Waals surface area (Å²) >= 11 is 0. The molecule has 0 heterocycles. The molecule has 0 radical (unpaired) electrons. The number of carbonyl (C=O) groups excluding carboxylic acids is 1. The number of rotatable bonds is 4. The number of hydrogen-bond donors (Lipinski definition) is 2. The number of para-hydroxylation sites is 1. The summed E-state index contributed by atoms with van der Waals surface area (Å²) in [4.78, 5) is 12.1. The Morgan fingerprint density at radius 3 is 2.67 bits per heavy atom. The van der Waals surface area contributed by atoms with Gasteiger partial charge >= 0.3 is 0 Å². The van der Waals surface area contributed by atoms with E-state index in [1.165, 1.54) is 12.1 Å². The molecule has 0 aromatic heterocycles. The number of amides is 1. The topological polar surface area (TPSA) is 64.3 Å². The highest BCUT2D eigenvalue weighted by Crippen LogP contribution is 2.24. The zero-order valence-corrected chi connectivity index (χ0v) is 11.9. The van der Waals surface area contributed by atoms with Crippen molar-refractivity contribution in [3.63, 3.8) is 0 Å². The van der Waals surface area contributed by atoms with Crippen LogP contribution in [0, 0.1) is 5.82 Å². The minimum atomic E-state index is -0.604. The molecule has 0 aliphatic carbocycles. The van der Waals surface area contributed by atoms with E-state index >= 15 is 0 Å². The lowest BCUT2D eigenvalue weighted by Gasteiger charge is -2.17. The zero-order chi connectivity index (χ0) is 15.4. The van der Waals surface area contributed by atoms with Crippen LogP contribution in [0.15, 0.2) is 42.5 Å². The van der Waals surface area contributed by atoms with Crippen molar-refractivity contribution in [3.05, 3.63) is 59.4 Å². The van der Waals surface area contributed by atoms with Crippen LogP contribution in [0.5, 0.6) is 5.75 Å². The second kappa shape index (κ2) is 6.26. The molecular formula is C16H17FN2O2. The molecule has 2 aromatic rings. The summed E-state index contributed by atoms with van der Waals surface area (Å²) in [5, 5.41) is 2.81. The van der Waals surface area contributed by atoms with Crippen LogP contribution in [0.4, 0.5) is 10.1 Å². The summed E-state index contributed by atoms with van der Waals surface area (Å²) in [6.07, 6.45) is 0. The molecule has 1 amide bonds. The lowest BCUT2D eigenvalue weighted by molar-refractivity contribution is 0.0939. The molecule has 0 bridgehead atoms. The maximum atomic E-state index is 13.4. The fourth-order valence-electron chi connectivity index (χ4n) is 2.05. The van der Waals surface area contributed by atoms with Gasteiger partial charge in [0.2, 0.25) is 0 Å². The van der Waals surface area contributed by atoms with Crippen LogP contribution in [0.2, 0.25) is 0 Å². The van der Waals surface area contributed by atoms with Gasteiger partial charge in [-0.15, -0.1) is 0 Å². The van der Waals surface area contributed by atoms with Crippen LogP contribution in [-0.4, -0.2) is 13.0 Å². The van der Waals surface area contributed by atoms with E-state index in [0.717, 1.165) is 11.6 Å².